The number of carbonyl (C=O) groups is 1. The molecule has 5 nitrogen and oxygen atoms in total. The Bertz CT molecular complexity index is 423. The predicted octanol–water partition coefficient (Wildman–Crippen LogP) is 2.40. The third kappa shape index (κ3) is 4.20. The number of ether oxygens (including phenoxy) is 1. The molecule has 1 rings (SSSR count). The number of likely N-dealkylation sites (N-methyl/N-ethyl adjacent to an activating group) is 1. The Morgan fingerprint density at radius 1 is 1.50 bits per heavy atom. The summed E-state index contributed by atoms with van der Waals surface area (Å²) in [4.78, 5) is 18.5. The highest BCUT2D eigenvalue weighted by Crippen LogP contribution is 2.17. The number of rotatable bonds is 8. The zero-order valence-electron chi connectivity index (χ0n) is 12.8. The largest absolute Gasteiger partial charge is 0.384 e. The Kier molecular flexibility index (Phi) is 7.01. The maximum Gasteiger partial charge on any atom is 0.257 e. The molecule has 0 saturated carbocycles. The number of nitrogens with zero attached hydrogens (tertiary/aromatic N) is 2. The quantitative estimate of drug-likeness (QED) is 0.794. The van der Waals surface area contributed by atoms with Crippen LogP contribution in [0.15, 0.2) is 18.5 Å². The first-order valence-electron chi connectivity index (χ1n) is 7.13. The Labute approximate surface area is 121 Å². The molecule has 112 valence electrons. The number of pyridine rings is 1. The number of anilines is 1. The molecule has 1 N–H and O–H groups in total. The molecule has 0 aliphatic carbocycles. The summed E-state index contributed by atoms with van der Waals surface area (Å²) in [6.45, 7) is 8.06. The van der Waals surface area contributed by atoms with Gasteiger partial charge in [-0.3, -0.25) is 9.78 Å². The molecule has 0 saturated heterocycles. The number of nitrogens with one attached hydrogen (secondary N) is 1. The fraction of sp³-hybridized carbons (Fsp3) is 0.600. The molecule has 1 aromatic heterocycles. The summed E-state index contributed by atoms with van der Waals surface area (Å²) in [6.07, 6.45) is 4.33. The fourth-order valence-electron chi connectivity index (χ4n) is 2.12. The molecule has 1 unspecified atom stereocenters. The number of hydrogen-bond acceptors (Lipinski definition) is 4. The molecule has 20 heavy (non-hydrogen) atoms. The van der Waals surface area contributed by atoms with Gasteiger partial charge in [0.1, 0.15) is 0 Å². The van der Waals surface area contributed by atoms with Crippen molar-refractivity contribution >= 4 is 11.6 Å². The minimum atomic E-state index is -0.0104. The van der Waals surface area contributed by atoms with Gasteiger partial charge in [-0.2, -0.15) is 0 Å². The van der Waals surface area contributed by atoms with Crippen LogP contribution in [0.4, 0.5) is 5.69 Å². The molecule has 0 bridgehead atoms. The van der Waals surface area contributed by atoms with Gasteiger partial charge in [0.25, 0.3) is 5.91 Å². The van der Waals surface area contributed by atoms with Gasteiger partial charge in [0, 0.05) is 32.6 Å². The maximum atomic E-state index is 12.7. The van der Waals surface area contributed by atoms with Crippen LogP contribution in [-0.4, -0.2) is 48.6 Å². The van der Waals surface area contributed by atoms with Crippen LogP contribution < -0.4 is 5.32 Å². The van der Waals surface area contributed by atoms with E-state index in [2.05, 4.69) is 17.2 Å². The van der Waals surface area contributed by atoms with Crippen molar-refractivity contribution in [3.63, 3.8) is 0 Å². The second-order valence-corrected chi connectivity index (χ2v) is 4.74. The van der Waals surface area contributed by atoms with Gasteiger partial charge in [-0.15, -0.1) is 0 Å². The second-order valence-electron chi connectivity index (χ2n) is 4.74. The highest BCUT2D eigenvalue weighted by molar-refractivity contribution is 5.99. The average molecular weight is 279 g/mol. The molecule has 1 amide bonds. The van der Waals surface area contributed by atoms with E-state index in [1.54, 1.807) is 24.4 Å². The first kappa shape index (κ1) is 16.4. The fourth-order valence-corrected chi connectivity index (χ4v) is 2.12. The van der Waals surface area contributed by atoms with Crippen molar-refractivity contribution < 1.29 is 9.53 Å². The molecule has 0 aliphatic heterocycles. The number of aromatic nitrogens is 1. The van der Waals surface area contributed by atoms with Gasteiger partial charge >= 0.3 is 0 Å². The van der Waals surface area contributed by atoms with Gasteiger partial charge in [-0.25, -0.2) is 0 Å². The van der Waals surface area contributed by atoms with Crippen molar-refractivity contribution in [1.82, 2.24) is 9.88 Å². The molecule has 0 radical (unpaired) electrons. The van der Waals surface area contributed by atoms with Crippen LogP contribution in [0.25, 0.3) is 0 Å². The van der Waals surface area contributed by atoms with E-state index < -0.39 is 0 Å². The monoisotopic (exact) mass is 279 g/mol. The van der Waals surface area contributed by atoms with Crippen LogP contribution in [0.5, 0.6) is 0 Å². The van der Waals surface area contributed by atoms with Crippen molar-refractivity contribution in [3.05, 3.63) is 24.0 Å². The van der Waals surface area contributed by atoms with Crippen molar-refractivity contribution in [2.75, 3.05) is 32.1 Å². The number of hydrogen-bond donors (Lipinski definition) is 1. The molecule has 1 atom stereocenters. The molecule has 0 aromatic carbocycles. The van der Waals surface area contributed by atoms with Crippen LogP contribution in [0, 0.1) is 0 Å². The standard InChI is InChI=1S/C15H25N3O2/c1-5-8-17-14-7-9-16-10-13(14)15(19)18(6-2)12(3)11-20-4/h7,9-10,12H,5-6,8,11H2,1-4H3,(H,16,17). The van der Waals surface area contributed by atoms with E-state index in [9.17, 15) is 4.79 Å². The summed E-state index contributed by atoms with van der Waals surface area (Å²) in [7, 11) is 1.65. The Hall–Kier alpha value is -1.62. The van der Waals surface area contributed by atoms with Gasteiger partial charge in [-0.1, -0.05) is 6.92 Å². The van der Waals surface area contributed by atoms with Crippen LogP contribution in [0.2, 0.25) is 0 Å². The molecule has 5 heteroatoms. The molecule has 0 fully saturated rings. The van der Waals surface area contributed by atoms with Crippen LogP contribution in [-0.2, 0) is 4.74 Å². The summed E-state index contributed by atoms with van der Waals surface area (Å²) in [5.41, 5.74) is 1.46. The normalized spacial score (nSPS) is 12.0. The Morgan fingerprint density at radius 2 is 2.25 bits per heavy atom. The van der Waals surface area contributed by atoms with Gasteiger partial charge < -0.3 is 15.0 Å². The number of amides is 1. The minimum Gasteiger partial charge on any atom is -0.384 e. The highest BCUT2D eigenvalue weighted by atomic mass is 16.5. The van der Waals surface area contributed by atoms with Crippen molar-refractivity contribution in [2.24, 2.45) is 0 Å². The average Bonchev–Trinajstić information content (AvgIpc) is 2.46. The predicted molar refractivity (Wildman–Crippen MR) is 81.1 cm³/mol. The molecular formula is C15H25N3O2. The van der Waals surface area contributed by atoms with Crippen molar-refractivity contribution in [1.29, 1.82) is 0 Å². The van der Waals surface area contributed by atoms with Gasteiger partial charge in [0.15, 0.2) is 0 Å². The topological polar surface area (TPSA) is 54.5 Å². The van der Waals surface area contributed by atoms with Crippen molar-refractivity contribution in [2.45, 2.75) is 33.2 Å². The first-order chi connectivity index (χ1) is 9.65. The SMILES string of the molecule is CCCNc1ccncc1C(=O)N(CC)C(C)COC. The molecule has 0 aliphatic rings. The van der Waals surface area contributed by atoms with Gasteiger partial charge in [0.2, 0.25) is 0 Å². The lowest BCUT2D eigenvalue weighted by atomic mass is 10.1. The smallest absolute Gasteiger partial charge is 0.257 e. The third-order valence-corrected chi connectivity index (χ3v) is 3.16. The van der Waals surface area contributed by atoms with E-state index in [1.807, 2.05) is 19.9 Å². The lowest BCUT2D eigenvalue weighted by Gasteiger charge is -2.28. The molecular weight excluding hydrogens is 254 g/mol. The summed E-state index contributed by atoms with van der Waals surface area (Å²) in [5, 5.41) is 3.27. The van der Waals surface area contributed by atoms with E-state index in [0.717, 1.165) is 18.7 Å². The van der Waals surface area contributed by atoms with E-state index in [4.69, 9.17) is 4.74 Å². The van der Waals surface area contributed by atoms with E-state index in [-0.39, 0.29) is 11.9 Å². The lowest BCUT2D eigenvalue weighted by molar-refractivity contribution is 0.0580. The van der Waals surface area contributed by atoms with Crippen LogP contribution in [0.3, 0.4) is 0 Å². The summed E-state index contributed by atoms with van der Waals surface area (Å²) < 4.78 is 5.14. The second kappa shape index (κ2) is 8.53. The van der Waals surface area contributed by atoms with E-state index in [1.165, 1.54) is 0 Å². The van der Waals surface area contributed by atoms with E-state index in [0.29, 0.717) is 18.7 Å². The van der Waals surface area contributed by atoms with Crippen LogP contribution >= 0.6 is 0 Å². The van der Waals surface area contributed by atoms with Gasteiger partial charge in [-0.05, 0) is 26.3 Å². The summed E-state index contributed by atoms with van der Waals surface area (Å²) in [6, 6.07) is 1.88. The zero-order chi connectivity index (χ0) is 15.0. The minimum absolute atomic E-state index is 0.0104. The molecule has 1 heterocycles. The maximum absolute atomic E-state index is 12.7. The molecule has 0 spiro atoms. The number of carbonyl (C=O) groups excluding carboxylic acids is 1. The zero-order valence-corrected chi connectivity index (χ0v) is 12.8. The number of methoxy groups -OCH3 is 1. The Balaban J connectivity index is 2.94. The van der Waals surface area contributed by atoms with Gasteiger partial charge in [0.05, 0.1) is 23.9 Å². The third-order valence-electron chi connectivity index (χ3n) is 3.16. The van der Waals surface area contributed by atoms with Crippen LogP contribution in [0.1, 0.15) is 37.6 Å². The molecule has 1 aromatic rings. The first-order valence-corrected chi connectivity index (χ1v) is 7.13. The lowest BCUT2D eigenvalue weighted by Crippen LogP contribution is -2.41. The Morgan fingerprint density at radius 3 is 2.85 bits per heavy atom. The highest BCUT2D eigenvalue weighted by Gasteiger charge is 2.22. The van der Waals surface area contributed by atoms with E-state index >= 15 is 0 Å². The van der Waals surface area contributed by atoms with Crippen molar-refractivity contribution in [3.8, 4) is 0 Å². The summed E-state index contributed by atoms with van der Waals surface area (Å²) >= 11 is 0. The summed E-state index contributed by atoms with van der Waals surface area (Å²) in [5.74, 6) is -0.0104.